The van der Waals surface area contributed by atoms with E-state index in [1.54, 1.807) is 0 Å². The van der Waals surface area contributed by atoms with Gasteiger partial charge in [-0.15, -0.1) is 20.4 Å². The monoisotopic (exact) mass is 420 g/mol. The van der Waals surface area contributed by atoms with Crippen molar-refractivity contribution in [1.29, 1.82) is 0 Å². The number of ketones is 1. The number of aliphatic carboxylic acids is 1. The van der Waals surface area contributed by atoms with Crippen LogP contribution in [0.15, 0.2) is 8.68 Å². The molecule has 11 nitrogen and oxygen atoms in total. The largest absolute Gasteiger partial charge is 0.478 e. The van der Waals surface area contributed by atoms with E-state index >= 15 is 0 Å². The fourth-order valence-electron chi connectivity index (χ4n) is 1.88. The summed E-state index contributed by atoms with van der Waals surface area (Å²) in [5.74, 6) is -3.87. The molecule has 1 aliphatic heterocycles. The second-order valence-electron chi connectivity index (χ2n) is 4.55. The van der Waals surface area contributed by atoms with E-state index in [1.807, 2.05) is 0 Å². The van der Waals surface area contributed by atoms with E-state index in [0.29, 0.717) is 4.34 Å². The molecule has 5 N–H and O–H groups in total. The van der Waals surface area contributed by atoms with Gasteiger partial charge >= 0.3 is 11.9 Å². The highest BCUT2D eigenvalue weighted by molar-refractivity contribution is 8.03. The Balaban J connectivity index is 1.88. The van der Waals surface area contributed by atoms with Gasteiger partial charge in [0.1, 0.15) is 5.25 Å². The van der Waals surface area contributed by atoms with Crippen LogP contribution in [0, 0.1) is 0 Å². The molecule has 3 heterocycles. The van der Waals surface area contributed by atoms with Gasteiger partial charge in [-0.25, -0.2) is 9.59 Å². The number of esters is 1. The Labute approximate surface area is 155 Å². The molecule has 0 aromatic carbocycles. The molecule has 132 valence electrons. The molecule has 2 atom stereocenters. The van der Waals surface area contributed by atoms with Crippen LogP contribution in [0.3, 0.4) is 0 Å². The summed E-state index contributed by atoms with van der Waals surface area (Å²) >= 11 is 3.77. The standard InChI is InChI=1S/C10H8N6O5S4/c11-6-13-15-8(24-6)22-1-10(5(19)20)3(2(17)4(18)21-10)23-9-16-14-7(12)25-9/h3H,1H2,(H2,11,13)(H2,12,14)(H,19,20). The Bertz CT molecular complexity index is 854. The number of cyclic esters (lactones) is 1. The molecule has 2 aromatic heterocycles. The van der Waals surface area contributed by atoms with Crippen LogP contribution in [0.2, 0.25) is 0 Å². The topological polar surface area (TPSA) is 184 Å². The minimum Gasteiger partial charge on any atom is -0.478 e. The SMILES string of the molecule is Nc1nnc(SCC2(C(=O)O)OC(=O)C(=O)C2Sc2nnc(N)s2)s1. The third-order valence-electron chi connectivity index (χ3n) is 2.97. The first-order valence-corrected chi connectivity index (χ1v) is 9.79. The number of hydrogen-bond acceptors (Lipinski definition) is 14. The van der Waals surface area contributed by atoms with Gasteiger partial charge in [0.05, 0.1) is 5.75 Å². The molecule has 2 aromatic rings. The number of nitrogen functional groups attached to an aromatic ring is 2. The lowest BCUT2D eigenvalue weighted by Crippen LogP contribution is -2.49. The van der Waals surface area contributed by atoms with E-state index in [9.17, 15) is 19.5 Å². The molecule has 2 unspecified atom stereocenters. The summed E-state index contributed by atoms with van der Waals surface area (Å²) in [6.07, 6.45) is 0. The van der Waals surface area contributed by atoms with Crippen LogP contribution < -0.4 is 11.5 Å². The third kappa shape index (κ3) is 3.39. The van der Waals surface area contributed by atoms with E-state index in [0.717, 1.165) is 46.2 Å². The fourth-order valence-corrected chi connectivity index (χ4v) is 5.77. The van der Waals surface area contributed by atoms with Gasteiger partial charge in [-0.2, -0.15) is 0 Å². The van der Waals surface area contributed by atoms with Gasteiger partial charge in [0.25, 0.3) is 5.78 Å². The first kappa shape index (κ1) is 17.8. The first-order valence-electron chi connectivity index (χ1n) is 6.30. The lowest BCUT2D eigenvalue weighted by atomic mass is 10.0. The summed E-state index contributed by atoms with van der Waals surface area (Å²) < 4.78 is 5.60. The summed E-state index contributed by atoms with van der Waals surface area (Å²) in [4.78, 5) is 35.8. The van der Waals surface area contributed by atoms with Crippen LogP contribution in [0.5, 0.6) is 0 Å². The number of ether oxygens (including phenoxy) is 1. The molecule has 0 bridgehead atoms. The highest BCUT2D eigenvalue weighted by atomic mass is 32.2. The molecule has 1 saturated heterocycles. The maximum atomic E-state index is 12.2. The first-order chi connectivity index (χ1) is 11.8. The van der Waals surface area contributed by atoms with Crippen molar-refractivity contribution < 1.29 is 24.2 Å². The van der Waals surface area contributed by atoms with Gasteiger partial charge in [-0.1, -0.05) is 46.2 Å². The Hall–Kier alpha value is -1.97. The molecule has 1 aliphatic rings. The Morgan fingerprint density at radius 3 is 2.28 bits per heavy atom. The number of thioether (sulfide) groups is 2. The average Bonchev–Trinajstić information content (AvgIpc) is 3.21. The van der Waals surface area contributed by atoms with E-state index in [-0.39, 0.29) is 20.4 Å². The van der Waals surface area contributed by atoms with E-state index in [1.165, 1.54) is 0 Å². The lowest BCUT2D eigenvalue weighted by molar-refractivity contribution is -0.167. The number of rotatable bonds is 6. The number of Topliss-reactive ketones (excluding diaryl/α,β-unsaturated/α-hetero) is 1. The normalized spacial score (nSPS) is 23.0. The van der Waals surface area contributed by atoms with Crippen LogP contribution in [0.1, 0.15) is 0 Å². The summed E-state index contributed by atoms with van der Waals surface area (Å²) in [5, 5.41) is 23.4. The van der Waals surface area contributed by atoms with Crippen molar-refractivity contribution in [2.75, 3.05) is 17.2 Å². The van der Waals surface area contributed by atoms with Crippen LogP contribution in [0.4, 0.5) is 10.3 Å². The Morgan fingerprint density at radius 2 is 1.76 bits per heavy atom. The molecule has 0 aliphatic carbocycles. The van der Waals surface area contributed by atoms with Gasteiger partial charge in [0, 0.05) is 0 Å². The highest BCUT2D eigenvalue weighted by Crippen LogP contribution is 2.42. The molecule has 3 rings (SSSR count). The van der Waals surface area contributed by atoms with Crippen molar-refractivity contribution in [2.45, 2.75) is 19.5 Å². The number of anilines is 2. The van der Waals surface area contributed by atoms with Gasteiger partial charge in [0.2, 0.25) is 15.9 Å². The van der Waals surface area contributed by atoms with E-state index in [2.05, 4.69) is 20.4 Å². The van der Waals surface area contributed by atoms with Crippen LogP contribution in [-0.2, 0) is 19.1 Å². The lowest BCUT2D eigenvalue weighted by Gasteiger charge is -2.26. The predicted octanol–water partition coefficient (Wildman–Crippen LogP) is -0.244. The van der Waals surface area contributed by atoms with Crippen molar-refractivity contribution in [3.8, 4) is 0 Å². The number of aromatic nitrogens is 4. The van der Waals surface area contributed by atoms with Crippen molar-refractivity contribution in [2.24, 2.45) is 0 Å². The molecule has 0 amide bonds. The number of carboxylic acids is 1. The van der Waals surface area contributed by atoms with Crippen molar-refractivity contribution in [1.82, 2.24) is 20.4 Å². The number of nitrogens with two attached hydrogens (primary N) is 2. The number of carbonyl (C=O) groups is 3. The van der Waals surface area contributed by atoms with Crippen LogP contribution >= 0.6 is 46.2 Å². The minimum atomic E-state index is -2.08. The number of carbonyl (C=O) groups excluding carboxylic acids is 2. The minimum absolute atomic E-state index is 0.153. The van der Waals surface area contributed by atoms with Gasteiger partial charge in [-0.3, -0.25) is 4.79 Å². The van der Waals surface area contributed by atoms with Crippen molar-refractivity contribution >= 4 is 74.2 Å². The smallest absolute Gasteiger partial charge is 0.377 e. The van der Waals surface area contributed by atoms with Crippen LogP contribution in [0.25, 0.3) is 0 Å². The van der Waals surface area contributed by atoms with Crippen LogP contribution in [-0.4, -0.2) is 59.8 Å². The Kier molecular flexibility index (Phi) is 4.81. The van der Waals surface area contributed by atoms with Crippen molar-refractivity contribution in [3.05, 3.63) is 0 Å². The molecule has 1 fully saturated rings. The number of nitrogens with zero attached hydrogens (tertiary/aromatic N) is 4. The summed E-state index contributed by atoms with van der Waals surface area (Å²) in [7, 11) is 0. The molecule has 25 heavy (non-hydrogen) atoms. The van der Waals surface area contributed by atoms with Gasteiger partial charge in [0.15, 0.2) is 8.68 Å². The predicted molar refractivity (Wildman–Crippen MR) is 90.5 cm³/mol. The van der Waals surface area contributed by atoms with E-state index < -0.39 is 28.6 Å². The number of hydrogen-bond donors (Lipinski definition) is 3. The zero-order valence-corrected chi connectivity index (χ0v) is 15.2. The van der Waals surface area contributed by atoms with E-state index in [4.69, 9.17) is 16.2 Å². The summed E-state index contributed by atoms with van der Waals surface area (Å²) in [5.41, 5.74) is 8.88. The molecule has 15 heteroatoms. The zero-order valence-electron chi connectivity index (χ0n) is 11.9. The molecule has 0 radical (unpaired) electrons. The second-order valence-corrected chi connectivity index (χ2v) is 9.14. The molecular weight excluding hydrogens is 412 g/mol. The molecule has 0 saturated carbocycles. The number of carboxylic acid groups (broad SMARTS) is 1. The molecular formula is C10H8N6O5S4. The highest BCUT2D eigenvalue weighted by Gasteiger charge is 2.62. The fraction of sp³-hybridized carbons (Fsp3) is 0.300. The summed E-state index contributed by atoms with van der Waals surface area (Å²) in [6, 6.07) is 0. The second kappa shape index (κ2) is 6.74. The van der Waals surface area contributed by atoms with Gasteiger partial charge < -0.3 is 21.3 Å². The maximum absolute atomic E-state index is 12.2. The molecule has 0 spiro atoms. The van der Waals surface area contributed by atoms with Gasteiger partial charge in [-0.05, 0) is 0 Å². The zero-order chi connectivity index (χ0) is 18.2. The average molecular weight is 420 g/mol. The van der Waals surface area contributed by atoms with Crippen molar-refractivity contribution in [3.63, 3.8) is 0 Å². The quantitative estimate of drug-likeness (QED) is 0.316. The maximum Gasteiger partial charge on any atom is 0.377 e. The summed E-state index contributed by atoms with van der Waals surface area (Å²) in [6.45, 7) is 0. The Morgan fingerprint density at radius 1 is 1.16 bits per heavy atom. The third-order valence-corrected chi connectivity index (χ3v) is 7.22.